The fourth-order valence-electron chi connectivity index (χ4n) is 0.777. The SMILES string of the molecule is COc1c(I)cncc1S(=O)(=O)Cl. The smallest absolute Gasteiger partial charge is 0.266 e. The molecule has 0 fully saturated rings. The van der Waals surface area contributed by atoms with Crippen molar-refractivity contribution in [3.05, 3.63) is 16.0 Å². The van der Waals surface area contributed by atoms with Crippen LogP contribution < -0.4 is 4.74 Å². The Bertz CT molecular complexity index is 420. The molecule has 0 bridgehead atoms. The van der Waals surface area contributed by atoms with E-state index in [1.54, 1.807) is 0 Å². The number of halogens is 2. The molecule has 0 aromatic carbocycles. The van der Waals surface area contributed by atoms with Gasteiger partial charge in [0.25, 0.3) is 9.05 Å². The number of pyridine rings is 1. The zero-order valence-corrected chi connectivity index (χ0v) is 10.2. The Morgan fingerprint density at radius 1 is 1.54 bits per heavy atom. The Labute approximate surface area is 93.8 Å². The summed E-state index contributed by atoms with van der Waals surface area (Å²) >= 11 is 1.92. The maximum atomic E-state index is 11.0. The lowest BCUT2D eigenvalue weighted by molar-refractivity contribution is 0.399. The van der Waals surface area contributed by atoms with Crippen LogP contribution in [0.15, 0.2) is 17.3 Å². The normalized spacial score (nSPS) is 11.3. The molecule has 0 aliphatic heterocycles. The van der Waals surface area contributed by atoms with Crippen molar-refractivity contribution < 1.29 is 13.2 Å². The third kappa shape index (κ3) is 2.44. The molecule has 1 heterocycles. The number of ether oxygens (including phenoxy) is 1. The van der Waals surface area contributed by atoms with Crippen molar-refractivity contribution in [2.24, 2.45) is 0 Å². The summed E-state index contributed by atoms with van der Waals surface area (Å²) in [5, 5.41) is 0. The second kappa shape index (κ2) is 3.97. The monoisotopic (exact) mass is 333 g/mol. The maximum absolute atomic E-state index is 11.0. The van der Waals surface area contributed by atoms with Crippen molar-refractivity contribution in [1.82, 2.24) is 4.98 Å². The Morgan fingerprint density at radius 3 is 2.54 bits per heavy atom. The van der Waals surface area contributed by atoms with Crippen LogP contribution in [0, 0.1) is 3.57 Å². The maximum Gasteiger partial charge on any atom is 0.266 e. The summed E-state index contributed by atoms with van der Waals surface area (Å²) < 4.78 is 27.5. The first-order valence-electron chi connectivity index (χ1n) is 3.09. The van der Waals surface area contributed by atoms with E-state index in [0.717, 1.165) is 6.20 Å². The van der Waals surface area contributed by atoms with E-state index in [9.17, 15) is 8.42 Å². The highest BCUT2D eigenvalue weighted by atomic mass is 127. The van der Waals surface area contributed by atoms with E-state index >= 15 is 0 Å². The molecule has 1 aromatic rings. The van der Waals surface area contributed by atoms with Crippen LogP contribution in [0.2, 0.25) is 0 Å². The molecule has 1 rings (SSSR count). The lowest BCUT2D eigenvalue weighted by Gasteiger charge is -2.05. The Morgan fingerprint density at radius 2 is 2.15 bits per heavy atom. The predicted octanol–water partition coefficient (Wildman–Crippen LogP) is 1.62. The van der Waals surface area contributed by atoms with Crippen molar-refractivity contribution in [3.63, 3.8) is 0 Å². The molecule has 0 aliphatic rings. The summed E-state index contributed by atoms with van der Waals surface area (Å²) in [6, 6.07) is 0. The third-order valence-corrected chi connectivity index (χ3v) is 3.37. The lowest BCUT2D eigenvalue weighted by atomic mass is 10.4. The van der Waals surface area contributed by atoms with Crippen LogP contribution >= 0.6 is 33.3 Å². The molecule has 0 radical (unpaired) electrons. The number of methoxy groups -OCH3 is 1. The van der Waals surface area contributed by atoms with Crippen molar-refractivity contribution in [2.75, 3.05) is 7.11 Å². The van der Waals surface area contributed by atoms with Crippen LogP contribution in [0.3, 0.4) is 0 Å². The van der Waals surface area contributed by atoms with Crippen molar-refractivity contribution in [1.29, 1.82) is 0 Å². The molecular formula is C6H5ClINO3S. The summed E-state index contributed by atoms with van der Waals surface area (Å²) in [5.41, 5.74) is 0. The van der Waals surface area contributed by atoms with Crippen LogP contribution in [-0.2, 0) is 9.05 Å². The third-order valence-electron chi connectivity index (χ3n) is 1.29. The van der Waals surface area contributed by atoms with Gasteiger partial charge in [0.2, 0.25) is 0 Å². The van der Waals surface area contributed by atoms with Gasteiger partial charge in [0, 0.05) is 16.9 Å². The highest BCUT2D eigenvalue weighted by molar-refractivity contribution is 14.1. The van der Waals surface area contributed by atoms with Gasteiger partial charge in [-0.1, -0.05) is 0 Å². The number of aromatic nitrogens is 1. The van der Waals surface area contributed by atoms with Gasteiger partial charge in [-0.15, -0.1) is 0 Å². The molecule has 0 atom stereocenters. The Balaban J connectivity index is 3.47. The van der Waals surface area contributed by atoms with Gasteiger partial charge in [-0.3, -0.25) is 4.98 Å². The second-order valence-electron chi connectivity index (χ2n) is 2.09. The molecule has 1 aromatic heterocycles. The van der Waals surface area contributed by atoms with E-state index in [1.165, 1.54) is 13.3 Å². The summed E-state index contributed by atoms with van der Waals surface area (Å²) in [7, 11) is 2.75. The van der Waals surface area contributed by atoms with Gasteiger partial charge in [0.05, 0.1) is 16.9 Å². The summed E-state index contributed by atoms with van der Waals surface area (Å²) in [6.45, 7) is 0. The fourth-order valence-corrected chi connectivity index (χ4v) is 2.56. The molecule has 0 aliphatic carbocycles. The Kier molecular flexibility index (Phi) is 3.36. The molecule has 0 N–H and O–H groups in total. The number of hydrogen-bond donors (Lipinski definition) is 0. The highest BCUT2D eigenvalue weighted by Gasteiger charge is 2.18. The van der Waals surface area contributed by atoms with E-state index in [0.29, 0.717) is 3.57 Å². The van der Waals surface area contributed by atoms with Crippen LogP contribution in [-0.4, -0.2) is 20.5 Å². The molecule has 7 heteroatoms. The molecular weight excluding hydrogens is 328 g/mol. The quantitative estimate of drug-likeness (QED) is 0.610. The van der Waals surface area contributed by atoms with Crippen molar-refractivity contribution in [2.45, 2.75) is 4.90 Å². The van der Waals surface area contributed by atoms with E-state index in [1.807, 2.05) is 22.6 Å². The first-order chi connectivity index (χ1) is 5.96. The van der Waals surface area contributed by atoms with E-state index < -0.39 is 9.05 Å². The first kappa shape index (κ1) is 11.0. The average molecular weight is 334 g/mol. The highest BCUT2D eigenvalue weighted by Crippen LogP contribution is 2.29. The lowest BCUT2D eigenvalue weighted by Crippen LogP contribution is -1.99. The largest absolute Gasteiger partial charge is 0.494 e. The molecule has 0 saturated heterocycles. The van der Waals surface area contributed by atoms with Gasteiger partial charge in [0.1, 0.15) is 4.90 Å². The number of rotatable bonds is 2. The zero-order chi connectivity index (χ0) is 10.1. The van der Waals surface area contributed by atoms with E-state index in [4.69, 9.17) is 15.4 Å². The van der Waals surface area contributed by atoms with E-state index in [-0.39, 0.29) is 10.6 Å². The summed E-state index contributed by atoms with van der Waals surface area (Å²) in [6.07, 6.45) is 2.65. The van der Waals surface area contributed by atoms with Gasteiger partial charge >= 0.3 is 0 Å². The number of hydrogen-bond acceptors (Lipinski definition) is 4. The van der Waals surface area contributed by atoms with Gasteiger partial charge in [-0.25, -0.2) is 8.42 Å². The Hall–Kier alpha value is -0.0800. The predicted molar refractivity (Wildman–Crippen MR) is 56.5 cm³/mol. The minimum Gasteiger partial charge on any atom is -0.494 e. The topological polar surface area (TPSA) is 56.3 Å². The van der Waals surface area contributed by atoms with Gasteiger partial charge in [-0.05, 0) is 22.6 Å². The second-order valence-corrected chi connectivity index (χ2v) is 5.79. The summed E-state index contributed by atoms with van der Waals surface area (Å²) in [5.74, 6) is 0.227. The van der Waals surface area contributed by atoms with Crippen LogP contribution in [0.5, 0.6) is 5.75 Å². The average Bonchev–Trinajstić information content (AvgIpc) is 2.02. The van der Waals surface area contributed by atoms with Gasteiger partial charge < -0.3 is 4.74 Å². The van der Waals surface area contributed by atoms with Crippen molar-refractivity contribution in [3.8, 4) is 5.75 Å². The van der Waals surface area contributed by atoms with Gasteiger partial charge in [0.15, 0.2) is 5.75 Å². The molecule has 0 saturated carbocycles. The molecule has 72 valence electrons. The van der Waals surface area contributed by atoms with Crippen LogP contribution in [0.25, 0.3) is 0 Å². The minimum absolute atomic E-state index is 0.108. The number of nitrogens with zero attached hydrogens (tertiary/aromatic N) is 1. The molecule has 0 spiro atoms. The summed E-state index contributed by atoms with van der Waals surface area (Å²) in [4.78, 5) is 3.60. The minimum atomic E-state index is -3.79. The van der Waals surface area contributed by atoms with Crippen LogP contribution in [0.4, 0.5) is 0 Å². The fraction of sp³-hybridized carbons (Fsp3) is 0.167. The van der Waals surface area contributed by atoms with Gasteiger partial charge in [-0.2, -0.15) is 0 Å². The molecule has 0 amide bonds. The van der Waals surface area contributed by atoms with Crippen LogP contribution in [0.1, 0.15) is 0 Å². The molecule has 0 unspecified atom stereocenters. The first-order valence-corrected chi connectivity index (χ1v) is 6.47. The van der Waals surface area contributed by atoms with Crippen molar-refractivity contribution >= 4 is 42.3 Å². The molecule has 13 heavy (non-hydrogen) atoms. The molecule has 4 nitrogen and oxygen atoms in total. The van der Waals surface area contributed by atoms with E-state index in [2.05, 4.69) is 4.98 Å². The standard InChI is InChI=1S/C6H5ClINO3S/c1-12-6-4(8)2-9-3-5(6)13(7,10)11/h2-3H,1H3. The zero-order valence-electron chi connectivity index (χ0n) is 6.49.